The van der Waals surface area contributed by atoms with E-state index in [-0.39, 0.29) is 12.0 Å². The van der Waals surface area contributed by atoms with Gasteiger partial charge in [-0.05, 0) is 30.9 Å². The molecule has 0 spiro atoms. The summed E-state index contributed by atoms with van der Waals surface area (Å²) in [6.45, 7) is 0. The Balaban J connectivity index is 2.61. The number of carboxylic acids is 1. The first-order valence-corrected chi connectivity index (χ1v) is 5.13. The fraction of sp³-hybridized carbons (Fsp3) is 0.364. The molecule has 80 valence electrons. The Morgan fingerprint density at radius 3 is 2.93 bits per heavy atom. The fourth-order valence-electron chi connectivity index (χ4n) is 2.05. The lowest BCUT2D eigenvalue weighted by atomic mass is 9.80. The van der Waals surface area contributed by atoms with E-state index < -0.39 is 11.6 Å². The highest BCUT2D eigenvalue weighted by Crippen LogP contribution is 2.41. The number of carbonyl (C=O) groups is 1. The highest BCUT2D eigenvalue weighted by atomic mass is 35.5. The molecule has 1 aliphatic carbocycles. The van der Waals surface area contributed by atoms with Crippen LogP contribution in [0.5, 0.6) is 0 Å². The molecule has 15 heavy (non-hydrogen) atoms. The second-order valence-corrected chi connectivity index (χ2v) is 4.13. The van der Waals surface area contributed by atoms with Gasteiger partial charge in [-0.25, -0.2) is 9.18 Å². The summed E-state index contributed by atoms with van der Waals surface area (Å²) < 4.78 is 14.2. The van der Waals surface area contributed by atoms with E-state index in [1.54, 1.807) is 12.1 Å². The zero-order valence-electron chi connectivity index (χ0n) is 7.96. The Morgan fingerprint density at radius 2 is 2.27 bits per heavy atom. The number of rotatable bonds is 1. The Bertz CT molecular complexity index is 419. The Kier molecular flexibility index (Phi) is 2.43. The van der Waals surface area contributed by atoms with Crippen molar-refractivity contribution >= 4 is 17.6 Å². The van der Waals surface area contributed by atoms with Gasteiger partial charge in [0.2, 0.25) is 5.67 Å². The Morgan fingerprint density at radius 1 is 1.53 bits per heavy atom. The van der Waals surface area contributed by atoms with Crippen LogP contribution in [0.4, 0.5) is 4.39 Å². The van der Waals surface area contributed by atoms with Crippen LogP contribution in [-0.4, -0.2) is 11.1 Å². The zero-order valence-corrected chi connectivity index (χ0v) is 8.72. The summed E-state index contributed by atoms with van der Waals surface area (Å²) in [6, 6.07) is 4.76. The molecule has 2 nitrogen and oxygen atoms in total. The first-order valence-electron chi connectivity index (χ1n) is 4.76. The number of hydrogen-bond acceptors (Lipinski definition) is 1. The average molecular weight is 229 g/mol. The number of fused-ring (bicyclic) bond motifs is 1. The molecule has 0 aromatic heterocycles. The highest BCUT2D eigenvalue weighted by molar-refractivity contribution is 6.31. The summed E-state index contributed by atoms with van der Waals surface area (Å²) in [7, 11) is 0. The molecule has 1 aromatic carbocycles. The maximum Gasteiger partial charge on any atom is 0.346 e. The molecule has 1 aromatic rings. The molecule has 0 heterocycles. The van der Waals surface area contributed by atoms with E-state index in [0.717, 1.165) is 0 Å². The van der Waals surface area contributed by atoms with E-state index in [9.17, 15) is 9.18 Å². The Labute approximate surface area is 91.7 Å². The standard InChI is InChI=1S/C11H10ClFO2/c12-9-5-1-4-8-7(9)3-2-6-11(8,13)10(14)15/h1,4-5H,2-3,6H2,(H,14,15). The van der Waals surface area contributed by atoms with E-state index in [1.807, 2.05) is 0 Å². The molecule has 0 saturated carbocycles. The molecule has 0 aliphatic heterocycles. The number of alkyl halides is 1. The number of benzene rings is 1. The molecular weight excluding hydrogens is 219 g/mol. The van der Waals surface area contributed by atoms with Gasteiger partial charge in [0.15, 0.2) is 0 Å². The molecule has 1 N–H and O–H groups in total. The van der Waals surface area contributed by atoms with E-state index in [2.05, 4.69) is 0 Å². The molecule has 1 unspecified atom stereocenters. The van der Waals surface area contributed by atoms with Crippen molar-refractivity contribution < 1.29 is 14.3 Å². The summed E-state index contributed by atoms with van der Waals surface area (Å²) in [6.07, 6.45) is 1.18. The van der Waals surface area contributed by atoms with Crippen LogP contribution in [0.15, 0.2) is 18.2 Å². The fourth-order valence-corrected chi connectivity index (χ4v) is 2.32. The first kappa shape index (κ1) is 10.4. The lowest BCUT2D eigenvalue weighted by Gasteiger charge is -2.28. The van der Waals surface area contributed by atoms with Crippen molar-refractivity contribution in [3.05, 3.63) is 34.3 Å². The van der Waals surface area contributed by atoms with Crippen molar-refractivity contribution in [2.24, 2.45) is 0 Å². The molecule has 4 heteroatoms. The lowest BCUT2D eigenvalue weighted by Crippen LogP contribution is -2.34. The van der Waals surface area contributed by atoms with Crippen LogP contribution in [-0.2, 0) is 16.9 Å². The normalized spacial score (nSPS) is 24.7. The third-order valence-corrected chi connectivity index (χ3v) is 3.19. The number of hydrogen-bond donors (Lipinski definition) is 1. The van der Waals surface area contributed by atoms with Crippen LogP contribution in [0.25, 0.3) is 0 Å². The van der Waals surface area contributed by atoms with Gasteiger partial charge >= 0.3 is 5.97 Å². The summed E-state index contributed by atoms with van der Waals surface area (Å²) in [4.78, 5) is 10.9. The van der Waals surface area contributed by atoms with Gasteiger partial charge in [0.1, 0.15) is 0 Å². The predicted molar refractivity (Wildman–Crippen MR) is 54.8 cm³/mol. The van der Waals surface area contributed by atoms with Gasteiger partial charge in [-0.1, -0.05) is 23.7 Å². The van der Waals surface area contributed by atoms with Crippen molar-refractivity contribution in [2.45, 2.75) is 24.9 Å². The predicted octanol–water partition coefficient (Wildman–Crippen LogP) is 2.93. The van der Waals surface area contributed by atoms with Gasteiger partial charge in [-0.3, -0.25) is 0 Å². The topological polar surface area (TPSA) is 37.3 Å². The molecule has 0 amide bonds. The minimum Gasteiger partial charge on any atom is -0.479 e. The van der Waals surface area contributed by atoms with Gasteiger partial charge in [0.05, 0.1) is 0 Å². The maximum atomic E-state index is 14.2. The van der Waals surface area contributed by atoms with Crippen molar-refractivity contribution in [3.63, 3.8) is 0 Å². The van der Waals surface area contributed by atoms with Gasteiger partial charge in [0.25, 0.3) is 0 Å². The van der Waals surface area contributed by atoms with Crippen LogP contribution >= 0.6 is 11.6 Å². The summed E-state index contributed by atoms with van der Waals surface area (Å²) in [5.74, 6) is -1.43. The molecule has 0 bridgehead atoms. The zero-order chi connectivity index (χ0) is 11.1. The maximum absolute atomic E-state index is 14.2. The average Bonchev–Trinajstić information content (AvgIpc) is 2.20. The molecule has 1 atom stereocenters. The van der Waals surface area contributed by atoms with Crippen molar-refractivity contribution in [1.29, 1.82) is 0 Å². The third-order valence-electron chi connectivity index (χ3n) is 2.83. The highest BCUT2D eigenvalue weighted by Gasteiger charge is 2.44. The van der Waals surface area contributed by atoms with Crippen molar-refractivity contribution in [3.8, 4) is 0 Å². The molecule has 1 aliphatic rings. The minimum absolute atomic E-state index is 0.0235. The van der Waals surface area contributed by atoms with Crippen LogP contribution in [0, 0.1) is 0 Å². The van der Waals surface area contributed by atoms with Crippen molar-refractivity contribution in [2.75, 3.05) is 0 Å². The lowest BCUT2D eigenvalue weighted by molar-refractivity contribution is -0.152. The van der Waals surface area contributed by atoms with Crippen LogP contribution < -0.4 is 0 Å². The summed E-state index contributed by atoms with van der Waals surface area (Å²) in [5.41, 5.74) is -1.41. The summed E-state index contributed by atoms with van der Waals surface area (Å²) >= 11 is 5.91. The third kappa shape index (κ3) is 1.51. The molecule has 2 rings (SSSR count). The van der Waals surface area contributed by atoms with E-state index in [0.29, 0.717) is 23.4 Å². The SMILES string of the molecule is O=C(O)C1(F)CCCc2c(Cl)cccc21. The molecule has 0 radical (unpaired) electrons. The van der Waals surface area contributed by atoms with Crippen molar-refractivity contribution in [1.82, 2.24) is 0 Å². The van der Waals surface area contributed by atoms with Gasteiger partial charge in [-0.15, -0.1) is 0 Å². The van der Waals surface area contributed by atoms with Crippen LogP contribution in [0.3, 0.4) is 0 Å². The van der Waals surface area contributed by atoms with Crippen LogP contribution in [0.1, 0.15) is 24.0 Å². The van der Waals surface area contributed by atoms with E-state index in [1.165, 1.54) is 6.07 Å². The Hall–Kier alpha value is -1.09. The second-order valence-electron chi connectivity index (χ2n) is 3.73. The quantitative estimate of drug-likeness (QED) is 0.803. The molecule has 0 fully saturated rings. The van der Waals surface area contributed by atoms with E-state index >= 15 is 0 Å². The van der Waals surface area contributed by atoms with Gasteiger partial charge < -0.3 is 5.11 Å². The van der Waals surface area contributed by atoms with Gasteiger partial charge in [-0.2, -0.15) is 0 Å². The number of halogens is 2. The molecular formula is C11H10ClFO2. The first-order chi connectivity index (χ1) is 7.05. The number of carboxylic acid groups (broad SMARTS) is 1. The van der Waals surface area contributed by atoms with Gasteiger partial charge in [0, 0.05) is 10.6 Å². The monoisotopic (exact) mass is 228 g/mol. The van der Waals surface area contributed by atoms with E-state index in [4.69, 9.17) is 16.7 Å². The second kappa shape index (κ2) is 3.49. The van der Waals surface area contributed by atoms with Crippen LogP contribution in [0.2, 0.25) is 5.02 Å². The minimum atomic E-state index is -2.27. The number of aliphatic carboxylic acids is 1. The summed E-state index contributed by atoms with van der Waals surface area (Å²) in [5, 5.41) is 9.37. The molecule has 0 saturated heterocycles. The smallest absolute Gasteiger partial charge is 0.346 e. The largest absolute Gasteiger partial charge is 0.479 e.